The van der Waals surface area contributed by atoms with Crippen molar-refractivity contribution in [3.8, 4) is 0 Å². The van der Waals surface area contributed by atoms with Crippen LogP contribution in [0, 0.1) is 0 Å². The molecular weight excluding hydrogens is 346 g/mol. The third-order valence-electron chi connectivity index (χ3n) is 4.58. The number of hydrogen-bond donors (Lipinski definition) is 0. The van der Waals surface area contributed by atoms with Crippen LogP contribution in [0.2, 0.25) is 0 Å². The number of carbonyl (C=O) groups is 1. The van der Waals surface area contributed by atoms with E-state index < -0.39 is 0 Å². The summed E-state index contributed by atoms with van der Waals surface area (Å²) in [6.45, 7) is 6.19. The van der Waals surface area contributed by atoms with Crippen LogP contribution in [-0.2, 0) is 9.53 Å². The topological polar surface area (TPSA) is 45.1 Å². The van der Waals surface area contributed by atoms with Crippen molar-refractivity contribution in [2.45, 2.75) is 33.2 Å². The second-order valence-electron chi connectivity index (χ2n) is 6.45. The zero-order valence-electron chi connectivity index (χ0n) is 15.9. The predicted octanol–water partition coefficient (Wildman–Crippen LogP) is 4.30. The van der Waals surface area contributed by atoms with E-state index in [-0.39, 0.29) is 12.0 Å². The molecule has 0 aromatic heterocycles. The molecule has 138 valence electrons. The fourth-order valence-electron chi connectivity index (χ4n) is 3.24. The smallest absolute Gasteiger partial charge is 0.338 e. The molecule has 0 unspecified atom stereocenters. The predicted molar refractivity (Wildman–Crippen MR) is 108 cm³/mol. The fourth-order valence-corrected chi connectivity index (χ4v) is 4.28. The summed E-state index contributed by atoms with van der Waals surface area (Å²) in [5.41, 5.74) is 4.71. The number of benzene rings is 1. The average molecular weight is 372 g/mol. The van der Waals surface area contributed by atoms with E-state index in [0.29, 0.717) is 12.2 Å². The average Bonchev–Trinajstić information content (AvgIpc) is 3.03. The summed E-state index contributed by atoms with van der Waals surface area (Å²) in [5.74, 6) is -0.290. The van der Waals surface area contributed by atoms with Gasteiger partial charge in [0.1, 0.15) is 0 Å². The Morgan fingerprint density at radius 3 is 2.54 bits per heavy atom. The number of amidine groups is 1. The van der Waals surface area contributed by atoms with Crippen LogP contribution >= 0.6 is 11.8 Å². The molecule has 2 aliphatic rings. The third-order valence-corrected chi connectivity index (χ3v) is 5.47. The number of rotatable bonds is 5. The van der Waals surface area contributed by atoms with Crippen LogP contribution in [0.15, 0.2) is 51.6 Å². The van der Waals surface area contributed by atoms with Gasteiger partial charge in [-0.3, -0.25) is 0 Å². The van der Waals surface area contributed by atoms with Gasteiger partial charge in [0.25, 0.3) is 0 Å². The van der Waals surface area contributed by atoms with Gasteiger partial charge in [-0.2, -0.15) is 0 Å². The molecule has 2 heterocycles. The number of aliphatic imine (C=N–C) groups is 1. The van der Waals surface area contributed by atoms with Gasteiger partial charge >= 0.3 is 5.97 Å². The lowest BCUT2D eigenvalue weighted by atomic mass is 9.93. The lowest BCUT2D eigenvalue weighted by Crippen LogP contribution is -2.36. The van der Waals surface area contributed by atoms with Crippen molar-refractivity contribution in [2.24, 2.45) is 4.99 Å². The van der Waals surface area contributed by atoms with E-state index in [1.54, 1.807) is 11.8 Å². The van der Waals surface area contributed by atoms with E-state index >= 15 is 0 Å². The van der Waals surface area contributed by atoms with Crippen molar-refractivity contribution in [2.75, 3.05) is 25.6 Å². The zero-order valence-corrected chi connectivity index (χ0v) is 16.8. The summed E-state index contributed by atoms with van der Waals surface area (Å²) in [7, 11) is 4.03. The molecule has 1 aromatic carbocycles. The summed E-state index contributed by atoms with van der Waals surface area (Å²) in [5, 5.41) is 3.05. The Balaban J connectivity index is 2.10. The van der Waals surface area contributed by atoms with E-state index in [2.05, 4.69) is 51.4 Å². The van der Waals surface area contributed by atoms with Gasteiger partial charge in [-0.15, -0.1) is 0 Å². The number of anilines is 1. The molecule has 2 aliphatic heterocycles. The van der Waals surface area contributed by atoms with E-state index in [0.717, 1.165) is 28.5 Å². The van der Waals surface area contributed by atoms with Crippen molar-refractivity contribution in [3.63, 3.8) is 0 Å². The molecular formula is C20H25N3O2S. The molecule has 3 rings (SSSR count). The molecule has 0 saturated carbocycles. The van der Waals surface area contributed by atoms with Crippen LogP contribution in [0.4, 0.5) is 5.69 Å². The van der Waals surface area contributed by atoms with Crippen molar-refractivity contribution < 1.29 is 9.53 Å². The van der Waals surface area contributed by atoms with Gasteiger partial charge < -0.3 is 14.5 Å². The summed E-state index contributed by atoms with van der Waals surface area (Å²) < 4.78 is 5.36. The maximum atomic E-state index is 12.7. The van der Waals surface area contributed by atoms with Gasteiger partial charge in [0.05, 0.1) is 23.9 Å². The van der Waals surface area contributed by atoms with Gasteiger partial charge in [0.15, 0.2) is 5.17 Å². The molecule has 0 radical (unpaired) electrons. The van der Waals surface area contributed by atoms with Crippen LogP contribution in [0.25, 0.3) is 0 Å². The van der Waals surface area contributed by atoms with E-state index in [1.165, 1.54) is 5.70 Å². The number of ether oxygens (including phenoxy) is 1. The number of hydrogen-bond acceptors (Lipinski definition) is 6. The summed E-state index contributed by atoms with van der Waals surface area (Å²) in [4.78, 5) is 21.7. The number of nitrogens with zero attached hydrogens (tertiary/aromatic N) is 3. The molecule has 0 bridgehead atoms. The fraction of sp³-hybridized carbons (Fsp3) is 0.400. The monoisotopic (exact) mass is 371 g/mol. The van der Waals surface area contributed by atoms with E-state index in [4.69, 9.17) is 4.74 Å². The summed E-state index contributed by atoms with van der Waals surface area (Å²) >= 11 is 1.62. The minimum absolute atomic E-state index is 0.209. The molecule has 0 N–H and O–H groups in total. The van der Waals surface area contributed by atoms with Crippen LogP contribution in [0.5, 0.6) is 0 Å². The summed E-state index contributed by atoms with van der Waals surface area (Å²) in [6.07, 6.45) is 0.882. The standard InChI is InChI=1S/C20H25N3O2S/c1-6-15-12-26-20-21-13(3)17(19(24)25-7-2)18(23(15)20)14-8-10-16(11-9-14)22(4)5/h8-12,18H,6-7H2,1-5H3/t18-/m1/s1. The first-order chi connectivity index (χ1) is 12.5. The maximum absolute atomic E-state index is 12.7. The first-order valence-corrected chi connectivity index (χ1v) is 9.74. The quantitative estimate of drug-likeness (QED) is 0.722. The lowest BCUT2D eigenvalue weighted by molar-refractivity contribution is -0.139. The molecule has 0 saturated heterocycles. The first kappa shape index (κ1) is 18.6. The third kappa shape index (κ3) is 3.26. The van der Waals surface area contributed by atoms with Gasteiger partial charge in [0, 0.05) is 25.5 Å². The second kappa shape index (κ2) is 7.58. The van der Waals surface area contributed by atoms with Crippen molar-refractivity contribution >= 4 is 28.6 Å². The lowest BCUT2D eigenvalue weighted by Gasteiger charge is -2.36. The Bertz CT molecular complexity index is 794. The number of esters is 1. The highest BCUT2D eigenvalue weighted by Crippen LogP contribution is 2.44. The minimum Gasteiger partial charge on any atom is -0.463 e. The number of fused-ring (bicyclic) bond motifs is 1. The molecule has 0 aliphatic carbocycles. The maximum Gasteiger partial charge on any atom is 0.338 e. The Morgan fingerprint density at radius 1 is 1.27 bits per heavy atom. The highest BCUT2D eigenvalue weighted by molar-refractivity contribution is 8.16. The second-order valence-corrected chi connectivity index (χ2v) is 7.29. The van der Waals surface area contributed by atoms with Crippen molar-refractivity contribution in [3.05, 3.63) is 52.2 Å². The molecule has 0 amide bonds. The van der Waals surface area contributed by atoms with Gasteiger partial charge in [-0.25, -0.2) is 9.79 Å². The number of allylic oxidation sites excluding steroid dienone is 2. The first-order valence-electron chi connectivity index (χ1n) is 8.86. The highest BCUT2D eigenvalue weighted by atomic mass is 32.2. The van der Waals surface area contributed by atoms with Crippen LogP contribution < -0.4 is 4.90 Å². The molecule has 6 heteroatoms. The SMILES string of the molecule is CCOC(=O)C1=C(C)N=C2SC=C(CC)N2[C@@H]1c1ccc(N(C)C)cc1. The molecule has 0 spiro atoms. The largest absolute Gasteiger partial charge is 0.463 e. The van der Waals surface area contributed by atoms with Crippen LogP contribution in [-0.4, -0.2) is 36.7 Å². The molecule has 26 heavy (non-hydrogen) atoms. The van der Waals surface area contributed by atoms with E-state index in [9.17, 15) is 4.79 Å². The normalized spacial score (nSPS) is 19.1. The van der Waals surface area contributed by atoms with Crippen LogP contribution in [0.1, 0.15) is 38.8 Å². The van der Waals surface area contributed by atoms with Gasteiger partial charge in [-0.1, -0.05) is 30.8 Å². The molecule has 1 atom stereocenters. The van der Waals surface area contributed by atoms with Crippen LogP contribution in [0.3, 0.4) is 0 Å². The molecule has 0 fully saturated rings. The Hall–Kier alpha value is -2.21. The minimum atomic E-state index is -0.290. The molecule has 5 nitrogen and oxygen atoms in total. The number of thioether (sulfide) groups is 1. The Labute approximate surface area is 159 Å². The Morgan fingerprint density at radius 2 is 1.96 bits per heavy atom. The van der Waals surface area contributed by atoms with E-state index in [1.807, 2.05) is 27.9 Å². The van der Waals surface area contributed by atoms with Gasteiger partial charge in [0.2, 0.25) is 0 Å². The molecule has 1 aromatic rings. The van der Waals surface area contributed by atoms with Gasteiger partial charge in [-0.05, 0) is 43.4 Å². The van der Waals surface area contributed by atoms with Crippen molar-refractivity contribution in [1.29, 1.82) is 0 Å². The number of carbonyl (C=O) groups excluding carboxylic acids is 1. The zero-order chi connectivity index (χ0) is 18.8. The highest BCUT2D eigenvalue weighted by Gasteiger charge is 2.40. The Kier molecular flexibility index (Phi) is 5.41. The van der Waals surface area contributed by atoms with Crippen molar-refractivity contribution in [1.82, 2.24) is 4.90 Å². The summed E-state index contributed by atoms with van der Waals surface area (Å²) in [6, 6.07) is 8.13.